The van der Waals surface area contributed by atoms with Gasteiger partial charge in [0.25, 0.3) is 0 Å². The maximum atomic E-state index is 12.7. The number of nitriles is 1. The summed E-state index contributed by atoms with van der Waals surface area (Å²) in [5.41, 5.74) is 4.62. The minimum absolute atomic E-state index is 0.0138. The number of hydrogen-bond acceptors (Lipinski definition) is 6. The molecule has 0 saturated carbocycles. The number of nitrogens with one attached hydrogen (secondary N) is 2. The Kier molecular flexibility index (Phi) is 8.49. The van der Waals surface area contributed by atoms with E-state index in [0.717, 1.165) is 28.7 Å². The summed E-state index contributed by atoms with van der Waals surface area (Å²) in [6, 6.07) is 22.0. The van der Waals surface area contributed by atoms with Gasteiger partial charge in [-0.1, -0.05) is 42.5 Å². The standard InChI is InChI=1S/C29H31N5O3/c1-20(35)31-18-28(36)34-13-12-27(26(19-34)23-6-4-3-5-7-23)32-17-25-14-24(16-33-29(25)37-2)22-10-8-21(15-30)9-11-22/h3-11,14,16,26-27,32H,12-13,17-19H2,1-2H3,(H,31,35)/t26-,27-/m0/s1. The van der Waals surface area contributed by atoms with E-state index in [1.54, 1.807) is 25.4 Å². The largest absolute Gasteiger partial charge is 0.481 e. The zero-order chi connectivity index (χ0) is 26.2. The monoisotopic (exact) mass is 497 g/mol. The lowest BCUT2D eigenvalue weighted by molar-refractivity contribution is -0.133. The molecule has 0 radical (unpaired) electrons. The van der Waals surface area contributed by atoms with Crippen LogP contribution in [0.25, 0.3) is 11.1 Å². The van der Waals surface area contributed by atoms with E-state index in [1.807, 2.05) is 35.2 Å². The van der Waals surface area contributed by atoms with Crippen LogP contribution in [0.3, 0.4) is 0 Å². The number of pyridine rings is 1. The summed E-state index contributed by atoms with van der Waals surface area (Å²) < 4.78 is 5.54. The second-order valence-electron chi connectivity index (χ2n) is 9.12. The maximum absolute atomic E-state index is 12.7. The molecule has 0 bridgehead atoms. The Labute approximate surface area is 217 Å². The van der Waals surface area contributed by atoms with Crippen molar-refractivity contribution >= 4 is 11.8 Å². The van der Waals surface area contributed by atoms with Gasteiger partial charge in [0, 0.05) is 55.8 Å². The highest BCUT2D eigenvalue weighted by Crippen LogP contribution is 2.29. The number of carbonyl (C=O) groups is 2. The fourth-order valence-corrected chi connectivity index (χ4v) is 4.72. The summed E-state index contributed by atoms with van der Waals surface area (Å²) >= 11 is 0. The molecule has 8 heteroatoms. The first-order valence-electron chi connectivity index (χ1n) is 12.3. The second kappa shape index (κ2) is 12.2. The number of nitrogens with zero attached hydrogens (tertiary/aromatic N) is 3. The molecular formula is C29H31N5O3. The highest BCUT2D eigenvalue weighted by Gasteiger charge is 2.32. The van der Waals surface area contributed by atoms with E-state index in [4.69, 9.17) is 10.00 Å². The lowest BCUT2D eigenvalue weighted by Gasteiger charge is -2.39. The molecule has 8 nitrogen and oxygen atoms in total. The summed E-state index contributed by atoms with van der Waals surface area (Å²) in [5.74, 6) is 0.367. The first-order valence-corrected chi connectivity index (χ1v) is 12.3. The average Bonchev–Trinajstić information content (AvgIpc) is 2.95. The van der Waals surface area contributed by atoms with Gasteiger partial charge in [0.15, 0.2) is 0 Å². The molecule has 2 aromatic carbocycles. The normalized spacial score (nSPS) is 17.1. The topological polar surface area (TPSA) is 107 Å². The predicted octanol–water partition coefficient (Wildman–Crippen LogP) is 3.24. The van der Waals surface area contributed by atoms with Gasteiger partial charge in [-0.2, -0.15) is 5.26 Å². The zero-order valence-corrected chi connectivity index (χ0v) is 21.1. The smallest absolute Gasteiger partial charge is 0.241 e. The number of ether oxygens (including phenoxy) is 1. The molecule has 1 aliphatic rings. The highest BCUT2D eigenvalue weighted by atomic mass is 16.5. The number of hydrogen-bond donors (Lipinski definition) is 2. The third-order valence-corrected chi connectivity index (χ3v) is 6.70. The molecule has 1 aliphatic heterocycles. The number of amides is 2. The van der Waals surface area contributed by atoms with Crippen LogP contribution in [-0.4, -0.2) is 54.5 Å². The number of piperidine rings is 1. The van der Waals surface area contributed by atoms with Gasteiger partial charge in [0.1, 0.15) is 0 Å². The van der Waals surface area contributed by atoms with Gasteiger partial charge in [0.05, 0.1) is 25.3 Å². The summed E-state index contributed by atoms with van der Waals surface area (Å²) in [4.78, 5) is 30.3. The maximum Gasteiger partial charge on any atom is 0.241 e. The van der Waals surface area contributed by atoms with Gasteiger partial charge in [-0.15, -0.1) is 0 Å². The molecule has 2 heterocycles. The molecule has 0 spiro atoms. The van der Waals surface area contributed by atoms with Crippen molar-refractivity contribution < 1.29 is 14.3 Å². The van der Waals surface area contributed by atoms with E-state index in [-0.39, 0.29) is 30.3 Å². The van der Waals surface area contributed by atoms with Crippen LogP contribution in [0, 0.1) is 11.3 Å². The predicted molar refractivity (Wildman–Crippen MR) is 141 cm³/mol. The molecule has 4 rings (SSSR count). The summed E-state index contributed by atoms with van der Waals surface area (Å²) in [5, 5.41) is 15.4. The molecule has 1 fully saturated rings. The van der Waals surface area contributed by atoms with Crippen molar-refractivity contribution in [3.8, 4) is 23.1 Å². The van der Waals surface area contributed by atoms with Crippen molar-refractivity contribution in [3.05, 3.63) is 83.6 Å². The van der Waals surface area contributed by atoms with Gasteiger partial charge in [-0.05, 0) is 35.7 Å². The van der Waals surface area contributed by atoms with E-state index >= 15 is 0 Å². The molecule has 1 saturated heterocycles. The minimum Gasteiger partial charge on any atom is -0.481 e. The van der Waals surface area contributed by atoms with Crippen LogP contribution >= 0.6 is 0 Å². The van der Waals surface area contributed by atoms with Crippen molar-refractivity contribution in [2.24, 2.45) is 0 Å². The number of carbonyl (C=O) groups excluding carboxylic acids is 2. The third kappa shape index (κ3) is 6.51. The number of likely N-dealkylation sites (tertiary alicyclic amines) is 1. The highest BCUT2D eigenvalue weighted by molar-refractivity contribution is 5.83. The SMILES string of the molecule is COc1ncc(-c2ccc(C#N)cc2)cc1CN[C@H]1CCN(C(=O)CNC(C)=O)C[C@H]1c1ccccc1. The van der Waals surface area contributed by atoms with Crippen LogP contribution in [0.5, 0.6) is 5.88 Å². The molecule has 1 aromatic heterocycles. The van der Waals surface area contributed by atoms with E-state index < -0.39 is 0 Å². The lowest BCUT2D eigenvalue weighted by Crippen LogP contribution is -2.51. The van der Waals surface area contributed by atoms with Gasteiger partial charge < -0.3 is 20.3 Å². The summed E-state index contributed by atoms with van der Waals surface area (Å²) in [6.45, 7) is 3.16. The van der Waals surface area contributed by atoms with Gasteiger partial charge in [-0.3, -0.25) is 9.59 Å². The zero-order valence-electron chi connectivity index (χ0n) is 21.1. The lowest BCUT2D eigenvalue weighted by atomic mass is 9.85. The Bertz CT molecular complexity index is 1270. The summed E-state index contributed by atoms with van der Waals surface area (Å²) in [6.07, 6.45) is 2.55. The Hall–Kier alpha value is -4.22. The molecule has 2 amide bonds. The average molecular weight is 498 g/mol. The quantitative estimate of drug-likeness (QED) is 0.495. The molecule has 0 aliphatic carbocycles. The Morgan fingerprint density at radius 2 is 1.89 bits per heavy atom. The second-order valence-corrected chi connectivity index (χ2v) is 9.12. The molecule has 37 heavy (non-hydrogen) atoms. The van der Waals surface area contributed by atoms with Crippen molar-refractivity contribution in [1.29, 1.82) is 5.26 Å². The number of benzene rings is 2. The Morgan fingerprint density at radius 1 is 1.14 bits per heavy atom. The van der Waals surface area contributed by atoms with Crippen molar-refractivity contribution in [2.75, 3.05) is 26.7 Å². The molecule has 2 atom stereocenters. The van der Waals surface area contributed by atoms with Gasteiger partial charge in [-0.25, -0.2) is 4.98 Å². The van der Waals surface area contributed by atoms with E-state index in [2.05, 4.69) is 39.9 Å². The van der Waals surface area contributed by atoms with Gasteiger partial charge in [0.2, 0.25) is 17.7 Å². The van der Waals surface area contributed by atoms with E-state index in [1.165, 1.54) is 6.92 Å². The molecule has 0 unspecified atom stereocenters. The van der Waals surface area contributed by atoms with Crippen molar-refractivity contribution in [3.63, 3.8) is 0 Å². The molecular weight excluding hydrogens is 466 g/mol. The van der Waals surface area contributed by atoms with Crippen LogP contribution in [0.1, 0.15) is 36.0 Å². The van der Waals surface area contributed by atoms with E-state index in [0.29, 0.717) is 31.1 Å². The first kappa shape index (κ1) is 25.9. The fraction of sp³-hybridized carbons (Fsp3) is 0.310. The van der Waals surface area contributed by atoms with Crippen molar-refractivity contribution in [1.82, 2.24) is 20.5 Å². The summed E-state index contributed by atoms with van der Waals surface area (Å²) in [7, 11) is 1.61. The minimum atomic E-state index is -0.213. The Morgan fingerprint density at radius 3 is 2.57 bits per heavy atom. The molecule has 3 aromatic rings. The third-order valence-electron chi connectivity index (χ3n) is 6.70. The van der Waals surface area contributed by atoms with Crippen LogP contribution in [0.2, 0.25) is 0 Å². The molecule has 2 N–H and O–H groups in total. The Balaban J connectivity index is 1.51. The van der Waals surface area contributed by atoms with Crippen molar-refractivity contribution in [2.45, 2.75) is 31.8 Å². The van der Waals surface area contributed by atoms with Crippen LogP contribution in [0.15, 0.2) is 66.9 Å². The van der Waals surface area contributed by atoms with Crippen LogP contribution in [-0.2, 0) is 16.1 Å². The molecule has 190 valence electrons. The first-order chi connectivity index (χ1) is 18.0. The number of rotatable bonds is 8. The number of aromatic nitrogens is 1. The fourth-order valence-electron chi connectivity index (χ4n) is 4.72. The number of methoxy groups -OCH3 is 1. The van der Waals surface area contributed by atoms with Gasteiger partial charge >= 0.3 is 0 Å². The van der Waals surface area contributed by atoms with Crippen LogP contribution < -0.4 is 15.4 Å². The van der Waals surface area contributed by atoms with Crippen LogP contribution in [0.4, 0.5) is 0 Å². The van der Waals surface area contributed by atoms with E-state index in [9.17, 15) is 9.59 Å².